The third-order valence-corrected chi connectivity index (χ3v) is 5.92. The van der Waals surface area contributed by atoms with Crippen LogP contribution in [0.5, 0.6) is 0 Å². The zero-order valence-corrected chi connectivity index (χ0v) is 14.5. The van der Waals surface area contributed by atoms with Crippen LogP contribution in [0.4, 0.5) is 0 Å². The lowest BCUT2D eigenvalue weighted by Crippen LogP contribution is -2.08. The highest BCUT2D eigenvalue weighted by molar-refractivity contribution is 7.98. The fourth-order valence-corrected chi connectivity index (χ4v) is 4.80. The molecule has 23 heavy (non-hydrogen) atoms. The number of aromatic nitrogens is 3. The Morgan fingerprint density at radius 3 is 3.04 bits per heavy atom. The first-order valence-electron chi connectivity index (χ1n) is 6.81. The lowest BCUT2D eigenvalue weighted by atomic mass is 10.2. The number of thioether (sulfide) groups is 1. The zero-order valence-electron chi connectivity index (χ0n) is 12.0. The molecule has 0 bridgehead atoms. The Bertz CT molecular complexity index is 1010. The quantitative estimate of drug-likeness (QED) is 0.433. The van der Waals surface area contributed by atoms with Crippen molar-refractivity contribution in [3.63, 3.8) is 0 Å². The van der Waals surface area contributed by atoms with Gasteiger partial charge in [-0.05, 0) is 18.4 Å². The van der Waals surface area contributed by atoms with E-state index < -0.39 is 0 Å². The van der Waals surface area contributed by atoms with E-state index in [1.54, 1.807) is 11.3 Å². The molecule has 8 heteroatoms. The Hall–Kier alpha value is -1.90. The minimum atomic E-state index is -0.0986. The molecule has 4 aromatic heterocycles. The standard InChI is InChI=1S/C15H11N3O2S3/c1-8-5-9(18-20-8)6-23-15-16-13(19)12-10(7-22-14(12)17-15)11-3-2-4-21-11/h2-5,7H,6H2,1H3,(H,16,17,19). The van der Waals surface area contributed by atoms with Crippen molar-refractivity contribution in [3.05, 3.63) is 50.8 Å². The summed E-state index contributed by atoms with van der Waals surface area (Å²) < 4.78 is 5.04. The van der Waals surface area contributed by atoms with Crippen molar-refractivity contribution in [1.29, 1.82) is 0 Å². The normalized spacial score (nSPS) is 11.3. The summed E-state index contributed by atoms with van der Waals surface area (Å²) in [5, 5.41) is 9.21. The van der Waals surface area contributed by atoms with Gasteiger partial charge in [-0.2, -0.15) is 0 Å². The molecular weight excluding hydrogens is 350 g/mol. The van der Waals surface area contributed by atoms with Gasteiger partial charge in [0.1, 0.15) is 10.6 Å². The van der Waals surface area contributed by atoms with E-state index in [2.05, 4.69) is 15.1 Å². The molecule has 0 spiro atoms. The molecule has 0 fully saturated rings. The molecule has 4 aromatic rings. The maximum atomic E-state index is 12.5. The molecule has 116 valence electrons. The van der Waals surface area contributed by atoms with Crippen molar-refractivity contribution in [2.45, 2.75) is 17.8 Å². The molecule has 4 heterocycles. The highest BCUT2D eigenvalue weighted by Crippen LogP contribution is 2.34. The summed E-state index contributed by atoms with van der Waals surface area (Å²) in [7, 11) is 0. The van der Waals surface area contributed by atoms with Gasteiger partial charge in [-0.1, -0.05) is 23.0 Å². The predicted molar refractivity (Wildman–Crippen MR) is 94.4 cm³/mol. The van der Waals surface area contributed by atoms with Crippen LogP contribution in [0.3, 0.4) is 0 Å². The number of rotatable bonds is 4. The van der Waals surface area contributed by atoms with E-state index in [4.69, 9.17) is 4.52 Å². The predicted octanol–water partition coefficient (Wildman–Crippen LogP) is 4.30. The maximum Gasteiger partial charge on any atom is 0.260 e. The van der Waals surface area contributed by atoms with Gasteiger partial charge in [0.05, 0.1) is 11.1 Å². The van der Waals surface area contributed by atoms with E-state index >= 15 is 0 Å². The molecule has 0 aliphatic heterocycles. The Kier molecular flexibility index (Phi) is 3.80. The van der Waals surface area contributed by atoms with Gasteiger partial charge in [0, 0.05) is 27.6 Å². The molecule has 0 aliphatic carbocycles. The number of aromatic amines is 1. The van der Waals surface area contributed by atoms with E-state index in [9.17, 15) is 4.79 Å². The number of nitrogens with zero attached hydrogens (tertiary/aromatic N) is 2. The van der Waals surface area contributed by atoms with Crippen molar-refractivity contribution in [3.8, 4) is 10.4 Å². The van der Waals surface area contributed by atoms with Crippen LogP contribution in [0.1, 0.15) is 11.5 Å². The van der Waals surface area contributed by atoms with Crippen molar-refractivity contribution < 1.29 is 4.52 Å². The smallest absolute Gasteiger partial charge is 0.260 e. The molecule has 5 nitrogen and oxygen atoms in total. The van der Waals surface area contributed by atoms with Crippen LogP contribution in [-0.4, -0.2) is 15.1 Å². The summed E-state index contributed by atoms with van der Waals surface area (Å²) in [5.74, 6) is 1.38. The molecule has 4 rings (SSSR count). The van der Waals surface area contributed by atoms with Gasteiger partial charge in [-0.25, -0.2) is 4.98 Å². The molecule has 0 saturated heterocycles. The summed E-state index contributed by atoms with van der Waals surface area (Å²) >= 11 is 4.56. The molecule has 0 amide bonds. The van der Waals surface area contributed by atoms with Crippen molar-refractivity contribution in [2.75, 3.05) is 0 Å². The van der Waals surface area contributed by atoms with Crippen LogP contribution >= 0.6 is 34.4 Å². The molecular formula is C15H11N3O2S3. The monoisotopic (exact) mass is 361 g/mol. The second-order valence-corrected chi connectivity index (χ2v) is 7.67. The van der Waals surface area contributed by atoms with Crippen LogP contribution in [0, 0.1) is 6.92 Å². The van der Waals surface area contributed by atoms with Gasteiger partial charge in [0.25, 0.3) is 5.56 Å². The number of fused-ring (bicyclic) bond motifs is 1. The minimum absolute atomic E-state index is 0.0986. The third-order valence-electron chi connectivity index (χ3n) is 3.24. The first-order chi connectivity index (χ1) is 11.2. The molecule has 1 N–H and O–H groups in total. The Labute approximate surface area is 143 Å². The molecule has 0 aromatic carbocycles. The summed E-state index contributed by atoms with van der Waals surface area (Å²) in [6.45, 7) is 1.85. The number of hydrogen-bond donors (Lipinski definition) is 1. The lowest BCUT2D eigenvalue weighted by molar-refractivity contribution is 0.393. The van der Waals surface area contributed by atoms with Crippen molar-refractivity contribution in [1.82, 2.24) is 15.1 Å². The van der Waals surface area contributed by atoms with Gasteiger partial charge in [0.15, 0.2) is 5.16 Å². The average molecular weight is 361 g/mol. The maximum absolute atomic E-state index is 12.5. The van der Waals surface area contributed by atoms with Crippen molar-refractivity contribution in [2.24, 2.45) is 0 Å². The Morgan fingerprint density at radius 1 is 1.39 bits per heavy atom. The summed E-state index contributed by atoms with van der Waals surface area (Å²) in [6, 6.07) is 5.88. The Morgan fingerprint density at radius 2 is 2.30 bits per heavy atom. The van der Waals surface area contributed by atoms with Gasteiger partial charge >= 0.3 is 0 Å². The fraction of sp³-hybridized carbons (Fsp3) is 0.133. The highest BCUT2D eigenvalue weighted by Gasteiger charge is 2.14. The van der Waals surface area contributed by atoms with Gasteiger partial charge in [-0.3, -0.25) is 4.79 Å². The zero-order chi connectivity index (χ0) is 15.8. The summed E-state index contributed by atoms with van der Waals surface area (Å²) in [4.78, 5) is 21.7. The molecule has 0 radical (unpaired) electrons. The lowest BCUT2D eigenvalue weighted by Gasteiger charge is -1.99. The topological polar surface area (TPSA) is 71.8 Å². The Balaban J connectivity index is 1.67. The number of nitrogens with one attached hydrogen (secondary N) is 1. The van der Waals surface area contributed by atoms with Gasteiger partial charge < -0.3 is 9.51 Å². The van der Waals surface area contributed by atoms with E-state index in [1.807, 2.05) is 35.9 Å². The molecule has 0 atom stereocenters. The largest absolute Gasteiger partial charge is 0.361 e. The van der Waals surface area contributed by atoms with Crippen LogP contribution < -0.4 is 5.56 Å². The number of H-pyrrole nitrogens is 1. The van der Waals surface area contributed by atoms with Crippen LogP contribution in [-0.2, 0) is 5.75 Å². The van der Waals surface area contributed by atoms with E-state index in [0.717, 1.165) is 26.7 Å². The summed E-state index contributed by atoms with van der Waals surface area (Å²) in [6.07, 6.45) is 0. The van der Waals surface area contributed by atoms with Crippen molar-refractivity contribution >= 4 is 44.7 Å². The number of thiophene rings is 2. The minimum Gasteiger partial charge on any atom is -0.361 e. The third kappa shape index (κ3) is 2.85. The van der Waals surface area contributed by atoms with E-state index in [0.29, 0.717) is 16.3 Å². The second-order valence-electron chi connectivity index (χ2n) is 4.90. The molecule has 0 aliphatic rings. The van der Waals surface area contributed by atoms with Crippen LogP contribution in [0.2, 0.25) is 0 Å². The van der Waals surface area contributed by atoms with Gasteiger partial charge in [-0.15, -0.1) is 22.7 Å². The first kappa shape index (κ1) is 14.7. The molecule has 0 unspecified atom stereocenters. The van der Waals surface area contributed by atoms with Crippen LogP contribution in [0.15, 0.2) is 43.4 Å². The SMILES string of the molecule is Cc1cc(CSc2nc3scc(-c4cccs4)c3c(=O)[nH]2)no1. The molecule has 0 saturated carbocycles. The number of aryl methyl sites for hydroxylation is 1. The average Bonchev–Trinajstić information content (AvgIpc) is 3.24. The van der Waals surface area contributed by atoms with Gasteiger partial charge in [0.2, 0.25) is 0 Å². The highest BCUT2D eigenvalue weighted by atomic mass is 32.2. The number of hydrogen-bond acceptors (Lipinski definition) is 7. The fourth-order valence-electron chi connectivity index (χ4n) is 2.24. The van der Waals surface area contributed by atoms with E-state index in [1.165, 1.54) is 23.1 Å². The second kappa shape index (κ2) is 5.95. The summed E-state index contributed by atoms with van der Waals surface area (Å²) in [5.41, 5.74) is 1.69. The van der Waals surface area contributed by atoms with E-state index in [-0.39, 0.29) is 5.56 Å². The van der Waals surface area contributed by atoms with Crippen LogP contribution in [0.25, 0.3) is 20.7 Å². The first-order valence-corrected chi connectivity index (χ1v) is 9.55.